The summed E-state index contributed by atoms with van der Waals surface area (Å²) in [6.07, 6.45) is 0.786. The van der Waals surface area contributed by atoms with Crippen LogP contribution in [0.2, 0.25) is 0 Å². The van der Waals surface area contributed by atoms with Gasteiger partial charge in [0.2, 0.25) is 0 Å². The van der Waals surface area contributed by atoms with Crippen LogP contribution in [-0.4, -0.2) is 35.1 Å². The zero-order valence-corrected chi connectivity index (χ0v) is 12.3. The molecule has 20 heavy (non-hydrogen) atoms. The minimum atomic E-state index is -0.901. The summed E-state index contributed by atoms with van der Waals surface area (Å²) in [6, 6.07) is 5.64. The van der Waals surface area contributed by atoms with E-state index in [9.17, 15) is 9.59 Å². The number of nitrogens with one attached hydrogen (secondary N) is 1. The fraction of sp³-hybridized carbons (Fsp3) is 0.467. The fourth-order valence-electron chi connectivity index (χ4n) is 2.02. The number of aryl methyl sites for hydroxylation is 2. The number of nitrogens with zero attached hydrogens (tertiary/aromatic N) is 1. The Morgan fingerprint density at radius 1 is 1.30 bits per heavy atom. The molecule has 0 aromatic heterocycles. The number of para-hydroxylation sites is 1. The van der Waals surface area contributed by atoms with Crippen LogP contribution in [0.25, 0.3) is 0 Å². The number of amides is 2. The van der Waals surface area contributed by atoms with E-state index < -0.39 is 5.97 Å². The van der Waals surface area contributed by atoms with E-state index in [0.29, 0.717) is 6.54 Å². The molecule has 5 heteroatoms. The highest BCUT2D eigenvalue weighted by Gasteiger charge is 2.15. The van der Waals surface area contributed by atoms with E-state index in [4.69, 9.17) is 5.11 Å². The van der Waals surface area contributed by atoms with Gasteiger partial charge in [0.1, 0.15) is 0 Å². The second-order valence-electron chi connectivity index (χ2n) is 4.62. The van der Waals surface area contributed by atoms with E-state index in [0.717, 1.165) is 23.2 Å². The Kier molecular flexibility index (Phi) is 6.03. The Balaban J connectivity index is 2.80. The molecule has 0 radical (unpaired) electrons. The van der Waals surface area contributed by atoms with Crippen LogP contribution in [0.15, 0.2) is 18.2 Å². The van der Waals surface area contributed by atoms with Crippen LogP contribution in [-0.2, 0) is 11.2 Å². The molecular weight excluding hydrogens is 256 g/mol. The molecule has 0 fully saturated rings. The first-order valence-corrected chi connectivity index (χ1v) is 6.85. The summed E-state index contributed by atoms with van der Waals surface area (Å²) in [5.74, 6) is -0.901. The molecule has 1 rings (SSSR count). The third kappa shape index (κ3) is 4.26. The summed E-state index contributed by atoms with van der Waals surface area (Å²) in [6.45, 7) is 6.51. The summed E-state index contributed by atoms with van der Waals surface area (Å²) in [5, 5.41) is 11.6. The second-order valence-corrected chi connectivity index (χ2v) is 4.62. The van der Waals surface area contributed by atoms with Crippen molar-refractivity contribution < 1.29 is 14.7 Å². The van der Waals surface area contributed by atoms with Crippen LogP contribution in [0.5, 0.6) is 0 Å². The Morgan fingerprint density at radius 3 is 2.55 bits per heavy atom. The van der Waals surface area contributed by atoms with Crippen molar-refractivity contribution in [3.05, 3.63) is 29.3 Å². The number of carbonyl (C=O) groups is 2. The SMILES string of the molecule is CCc1cccc(C)c1NC(=O)N(CC)CCC(=O)O. The maximum absolute atomic E-state index is 12.2. The summed E-state index contributed by atoms with van der Waals surface area (Å²) >= 11 is 0. The van der Waals surface area contributed by atoms with Gasteiger partial charge in [0.05, 0.1) is 6.42 Å². The van der Waals surface area contributed by atoms with Crippen molar-refractivity contribution in [1.82, 2.24) is 4.90 Å². The predicted molar refractivity (Wildman–Crippen MR) is 79.1 cm³/mol. The molecule has 1 aromatic rings. The van der Waals surface area contributed by atoms with Crippen LogP contribution in [0.4, 0.5) is 10.5 Å². The predicted octanol–water partition coefficient (Wildman–Crippen LogP) is 2.89. The molecule has 0 atom stereocenters. The van der Waals surface area contributed by atoms with Gasteiger partial charge >= 0.3 is 12.0 Å². The molecule has 5 nitrogen and oxygen atoms in total. The molecule has 0 saturated carbocycles. The van der Waals surface area contributed by atoms with E-state index in [1.807, 2.05) is 39.0 Å². The third-order valence-corrected chi connectivity index (χ3v) is 3.24. The summed E-state index contributed by atoms with van der Waals surface area (Å²) in [7, 11) is 0. The minimum absolute atomic E-state index is 0.0460. The lowest BCUT2D eigenvalue weighted by Crippen LogP contribution is -2.36. The zero-order valence-electron chi connectivity index (χ0n) is 12.3. The average Bonchev–Trinajstić information content (AvgIpc) is 2.41. The van der Waals surface area contributed by atoms with E-state index in [1.165, 1.54) is 4.90 Å². The molecule has 0 spiro atoms. The third-order valence-electron chi connectivity index (χ3n) is 3.24. The molecule has 1 aromatic carbocycles. The molecule has 2 N–H and O–H groups in total. The molecule has 0 unspecified atom stereocenters. The van der Waals surface area contributed by atoms with Gasteiger partial charge in [-0.15, -0.1) is 0 Å². The first kappa shape index (κ1) is 16.0. The van der Waals surface area contributed by atoms with Gasteiger partial charge < -0.3 is 15.3 Å². The normalized spacial score (nSPS) is 10.2. The van der Waals surface area contributed by atoms with E-state index in [1.54, 1.807) is 0 Å². The quantitative estimate of drug-likeness (QED) is 0.840. The van der Waals surface area contributed by atoms with Crippen molar-refractivity contribution in [2.45, 2.75) is 33.6 Å². The number of hydrogen-bond acceptors (Lipinski definition) is 2. The number of carboxylic acids is 1. The molecule has 0 aliphatic heterocycles. The van der Waals surface area contributed by atoms with E-state index >= 15 is 0 Å². The Hall–Kier alpha value is -2.04. The number of aliphatic carboxylic acids is 1. The Morgan fingerprint density at radius 2 is 2.00 bits per heavy atom. The van der Waals surface area contributed by atoms with Crippen molar-refractivity contribution >= 4 is 17.7 Å². The van der Waals surface area contributed by atoms with Gasteiger partial charge in [0, 0.05) is 18.8 Å². The standard InChI is InChI=1S/C15H22N2O3/c1-4-12-8-6-7-11(3)14(12)16-15(20)17(5-2)10-9-13(18)19/h6-8H,4-5,9-10H2,1-3H3,(H,16,20)(H,18,19). The summed E-state index contributed by atoms with van der Waals surface area (Å²) < 4.78 is 0. The summed E-state index contributed by atoms with van der Waals surface area (Å²) in [4.78, 5) is 24.3. The highest BCUT2D eigenvalue weighted by molar-refractivity contribution is 5.91. The number of urea groups is 1. The number of carboxylic acid groups (broad SMARTS) is 1. The highest BCUT2D eigenvalue weighted by Crippen LogP contribution is 2.21. The van der Waals surface area contributed by atoms with Crippen molar-refractivity contribution in [3.8, 4) is 0 Å². The molecule has 0 aliphatic carbocycles. The van der Waals surface area contributed by atoms with Crippen LogP contribution in [0.3, 0.4) is 0 Å². The molecule has 110 valence electrons. The lowest BCUT2D eigenvalue weighted by Gasteiger charge is -2.22. The van der Waals surface area contributed by atoms with Crippen molar-refractivity contribution in [3.63, 3.8) is 0 Å². The van der Waals surface area contributed by atoms with Crippen molar-refractivity contribution in [2.24, 2.45) is 0 Å². The van der Waals surface area contributed by atoms with E-state index in [-0.39, 0.29) is 19.0 Å². The molecule has 0 saturated heterocycles. The van der Waals surface area contributed by atoms with Gasteiger partial charge in [0.25, 0.3) is 0 Å². The first-order valence-electron chi connectivity index (χ1n) is 6.85. The number of anilines is 1. The first-order chi connectivity index (χ1) is 9.49. The van der Waals surface area contributed by atoms with Crippen LogP contribution in [0.1, 0.15) is 31.4 Å². The van der Waals surface area contributed by atoms with Gasteiger partial charge in [-0.25, -0.2) is 4.79 Å². The zero-order chi connectivity index (χ0) is 15.1. The van der Waals surface area contributed by atoms with Crippen LogP contribution in [0, 0.1) is 6.92 Å². The molecule has 0 heterocycles. The van der Waals surface area contributed by atoms with Crippen molar-refractivity contribution in [1.29, 1.82) is 0 Å². The fourth-order valence-corrected chi connectivity index (χ4v) is 2.02. The minimum Gasteiger partial charge on any atom is -0.481 e. The maximum Gasteiger partial charge on any atom is 0.321 e. The molecular formula is C15H22N2O3. The largest absolute Gasteiger partial charge is 0.481 e. The number of hydrogen-bond donors (Lipinski definition) is 2. The topological polar surface area (TPSA) is 69.6 Å². The number of benzene rings is 1. The van der Waals surface area contributed by atoms with E-state index in [2.05, 4.69) is 5.32 Å². The van der Waals surface area contributed by atoms with Gasteiger partial charge in [-0.2, -0.15) is 0 Å². The van der Waals surface area contributed by atoms with Gasteiger partial charge in [0.15, 0.2) is 0 Å². The Bertz CT molecular complexity index is 486. The highest BCUT2D eigenvalue weighted by atomic mass is 16.4. The second kappa shape index (κ2) is 7.53. The van der Waals surface area contributed by atoms with Crippen LogP contribution < -0.4 is 5.32 Å². The molecule has 0 bridgehead atoms. The van der Waals surface area contributed by atoms with Crippen LogP contribution >= 0.6 is 0 Å². The summed E-state index contributed by atoms with van der Waals surface area (Å²) in [5.41, 5.74) is 2.91. The Labute approximate surface area is 119 Å². The van der Waals surface area contributed by atoms with Gasteiger partial charge in [-0.3, -0.25) is 4.79 Å². The smallest absolute Gasteiger partial charge is 0.321 e. The average molecular weight is 278 g/mol. The molecule has 2 amide bonds. The van der Waals surface area contributed by atoms with Gasteiger partial charge in [-0.05, 0) is 31.4 Å². The maximum atomic E-state index is 12.2. The monoisotopic (exact) mass is 278 g/mol. The molecule has 0 aliphatic rings. The van der Waals surface area contributed by atoms with Gasteiger partial charge in [-0.1, -0.05) is 25.1 Å². The number of rotatable bonds is 6. The number of carbonyl (C=O) groups excluding carboxylic acids is 1. The lowest BCUT2D eigenvalue weighted by molar-refractivity contribution is -0.137. The lowest BCUT2D eigenvalue weighted by atomic mass is 10.1. The van der Waals surface area contributed by atoms with Crippen molar-refractivity contribution in [2.75, 3.05) is 18.4 Å².